The predicted octanol–water partition coefficient (Wildman–Crippen LogP) is 1.42. The Balaban J connectivity index is 1.71. The van der Waals surface area contributed by atoms with Crippen LogP contribution < -0.4 is 0 Å². The summed E-state index contributed by atoms with van der Waals surface area (Å²) >= 11 is 0. The Labute approximate surface area is 137 Å². The molecule has 0 unspecified atom stereocenters. The predicted molar refractivity (Wildman–Crippen MR) is 87.6 cm³/mol. The Morgan fingerprint density at radius 1 is 1.17 bits per heavy atom. The van der Waals surface area contributed by atoms with Gasteiger partial charge in [0.2, 0.25) is 10.0 Å². The average molecular weight is 337 g/mol. The molecule has 7 heteroatoms. The van der Waals surface area contributed by atoms with Crippen molar-refractivity contribution in [2.24, 2.45) is 0 Å². The second kappa shape index (κ2) is 5.87. The molecule has 2 aliphatic rings. The van der Waals surface area contributed by atoms with Crippen molar-refractivity contribution in [3.05, 3.63) is 29.6 Å². The van der Waals surface area contributed by atoms with Crippen LogP contribution in [0.15, 0.2) is 18.3 Å². The fraction of sp³-hybridized carbons (Fsp3) is 0.625. The highest BCUT2D eigenvalue weighted by Gasteiger charge is 2.47. The van der Waals surface area contributed by atoms with E-state index < -0.39 is 10.0 Å². The Morgan fingerprint density at radius 2 is 1.87 bits per heavy atom. The van der Waals surface area contributed by atoms with Gasteiger partial charge >= 0.3 is 0 Å². The van der Waals surface area contributed by atoms with Gasteiger partial charge in [0.25, 0.3) is 5.91 Å². The van der Waals surface area contributed by atoms with Crippen molar-refractivity contribution in [2.75, 3.05) is 25.9 Å². The van der Waals surface area contributed by atoms with E-state index in [9.17, 15) is 13.2 Å². The van der Waals surface area contributed by atoms with E-state index in [1.54, 1.807) is 16.6 Å². The maximum atomic E-state index is 12.5. The third-order valence-corrected chi connectivity index (χ3v) is 6.44. The van der Waals surface area contributed by atoms with Crippen LogP contribution in [0.4, 0.5) is 0 Å². The van der Waals surface area contributed by atoms with E-state index in [4.69, 9.17) is 0 Å². The zero-order chi connectivity index (χ0) is 16.7. The first kappa shape index (κ1) is 16.4. The van der Waals surface area contributed by atoms with Crippen LogP contribution >= 0.6 is 0 Å². The van der Waals surface area contributed by atoms with Crippen molar-refractivity contribution in [3.63, 3.8) is 0 Å². The summed E-state index contributed by atoms with van der Waals surface area (Å²) in [4.78, 5) is 18.5. The van der Waals surface area contributed by atoms with E-state index in [1.165, 1.54) is 6.26 Å². The summed E-state index contributed by atoms with van der Waals surface area (Å²) in [7, 11) is -3.19. The van der Waals surface area contributed by atoms with Crippen LogP contribution in [0.25, 0.3) is 0 Å². The summed E-state index contributed by atoms with van der Waals surface area (Å²) in [5.74, 6) is -0.0174. The van der Waals surface area contributed by atoms with E-state index in [2.05, 4.69) is 4.98 Å². The molecule has 1 aromatic heterocycles. The van der Waals surface area contributed by atoms with E-state index in [0.29, 0.717) is 38.0 Å². The number of piperidine rings is 1. The van der Waals surface area contributed by atoms with Gasteiger partial charge in [-0.15, -0.1) is 0 Å². The average Bonchev–Trinajstić information content (AvgIpc) is 2.92. The zero-order valence-electron chi connectivity index (χ0n) is 13.7. The summed E-state index contributed by atoms with van der Waals surface area (Å²) in [6.45, 7) is 3.69. The Hall–Kier alpha value is -1.47. The van der Waals surface area contributed by atoms with E-state index in [1.807, 2.05) is 17.9 Å². The van der Waals surface area contributed by atoms with Gasteiger partial charge in [0, 0.05) is 37.1 Å². The van der Waals surface area contributed by atoms with Gasteiger partial charge < -0.3 is 4.90 Å². The number of aromatic nitrogens is 1. The summed E-state index contributed by atoms with van der Waals surface area (Å²) < 4.78 is 25.7. The molecular formula is C16H23N3O3S. The molecule has 1 amide bonds. The van der Waals surface area contributed by atoms with Crippen molar-refractivity contribution in [1.29, 1.82) is 0 Å². The van der Waals surface area contributed by atoms with Gasteiger partial charge in [-0.1, -0.05) is 0 Å². The topological polar surface area (TPSA) is 70.6 Å². The van der Waals surface area contributed by atoms with Crippen molar-refractivity contribution in [3.8, 4) is 0 Å². The standard InChI is InChI=1S/C16H23N3O3S/c1-13-4-5-14(12-17-13)15(20)18-10-7-16(8-11-18)6-3-9-19(16)23(2,21)22/h4-5,12H,3,6-11H2,1-2H3. The highest BCUT2D eigenvalue weighted by atomic mass is 32.2. The normalized spacial score (nSPS) is 21.7. The molecule has 0 bridgehead atoms. The number of nitrogens with zero attached hydrogens (tertiary/aromatic N) is 3. The molecule has 23 heavy (non-hydrogen) atoms. The number of likely N-dealkylation sites (tertiary alicyclic amines) is 1. The lowest BCUT2D eigenvalue weighted by atomic mass is 9.86. The second-order valence-electron chi connectivity index (χ2n) is 6.64. The van der Waals surface area contributed by atoms with Gasteiger partial charge in [0.05, 0.1) is 11.8 Å². The summed E-state index contributed by atoms with van der Waals surface area (Å²) in [5.41, 5.74) is 1.20. The van der Waals surface area contributed by atoms with Gasteiger partial charge in [0.15, 0.2) is 0 Å². The first-order valence-electron chi connectivity index (χ1n) is 8.02. The first-order chi connectivity index (χ1) is 10.8. The van der Waals surface area contributed by atoms with E-state index in [0.717, 1.165) is 18.5 Å². The Morgan fingerprint density at radius 3 is 2.43 bits per heavy atom. The van der Waals surface area contributed by atoms with Gasteiger partial charge in [-0.05, 0) is 44.7 Å². The van der Waals surface area contributed by atoms with Crippen LogP contribution in [0.5, 0.6) is 0 Å². The molecule has 6 nitrogen and oxygen atoms in total. The number of hydrogen-bond donors (Lipinski definition) is 0. The lowest BCUT2D eigenvalue weighted by Crippen LogP contribution is -2.54. The minimum absolute atomic E-state index is 0.0174. The smallest absolute Gasteiger partial charge is 0.255 e. The zero-order valence-corrected chi connectivity index (χ0v) is 14.5. The van der Waals surface area contributed by atoms with Crippen LogP contribution in [0, 0.1) is 6.92 Å². The molecule has 3 heterocycles. The highest BCUT2D eigenvalue weighted by molar-refractivity contribution is 7.88. The minimum Gasteiger partial charge on any atom is -0.338 e. The van der Waals surface area contributed by atoms with Crippen molar-refractivity contribution < 1.29 is 13.2 Å². The molecule has 2 fully saturated rings. The largest absolute Gasteiger partial charge is 0.338 e. The Bertz CT molecular complexity index is 692. The lowest BCUT2D eigenvalue weighted by molar-refractivity contribution is 0.0587. The molecule has 3 rings (SSSR count). The molecule has 126 valence electrons. The van der Waals surface area contributed by atoms with Crippen molar-refractivity contribution in [2.45, 2.75) is 38.1 Å². The number of sulfonamides is 1. The number of hydrogen-bond acceptors (Lipinski definition) is 4. The molecule has 0 N–H and O–H groups in total. The fourth-order valence-electron chi connectivity index (χ4n) is 3.83. The molecular weight excluding hydrogens is 314 g/mol. The molecule has 0 aromatic carbocycles. The maximum Gasteiger partial charge on any atom is 0.255 e. The minimum atomic E-state index is -3.19. The molecule has 2 saturated heterocycles. The maximum absolute atomic E-state index is 12.5. The van der Waals surface area contributed by atoms with Crippen LogP contribution in [-0.4, -0.2) is 59.9 Å². The van der Waals surface area contributed by atoms with Gasteiger partial charge in [0.1, 0.15) is 0 Å². The summed E-state index contributed by atoms with van der Waals surface area (Å²) in [5, 5.41) is 0. The molecule has 0 saturated carbocycles. The molecule has 1 spiro atoms. The van der Waals surface area contributed by atoms with Gasteiger partial charge in [-0.2, -0.15) is 4.31 Å². The third kappa shape index (κ3) is 3.12. The first-order valence-corrected chi connectivity index (χ1v) is 9.86. The van der Waals surface area contributed by atoms with Crippen molar-refractivity contribution in [1.82, 2.24) is 14.2 Å². The highest BCUT2D eigenvalue weighted by Crippen LogP contribution is 2.40. The van der Waals surface area contributed by atoms with Crippen LogP contribution in [-0.2, 0) is 10.0 Å². The fourth-order valence-corrected chi connectivity index (χ4v) is 5.27. The third-order valence-electron chi connectivity index (χ3n) is 5.07. The van der Waals surface area contributed by atoms with Gasteiger partial charge in [-0.3, -0.25) is 9.78 Å². The SMILES string of the molecule is Cc1ccc(C(=O)N2CCC3(CCCN3S(C)(=O)=O)CC2)cn1. The molecule has 2 aliphatic heterocycles. The number of carbonyl (C=O) groups is 1. The van der Waals surface area contributed by atoms with Crippen LogP contribution in [0.2, 0.25) is 0 Å². The number of aryl methyl sites for hydroxylation is 1. The molecule has 0 aliphatic carbocycles. The van der Waals surface area contributed by atoms with Crippen molar-refractivity contribution >= 4 is 15.9 Å². The Kier molecular flexibility index (Phi) is 4.18. The number of rotatable bonds is 2. The quantitative estimate of drug-likeness (QED) is 0.818. The lowest BCUT2D eigenvalue weighted by Gasteiger charge is -2.43. The number of carbonyl (C=O) groups excluding carboxylic acids is 1. The molecule has 1 aromatic rings. The van der Waals surface area contributed by atoms with E-state index in [-0.39, 0.29) is 11.4 Å². The van der Waals surface area contributed by atoms with Crippen LogP contribution in [0.3, 0.4) is 0 Å². The van der Waals surface area contributed by atoms with Gasteiger partial charge in [-0.25, -0.2) is 8.42 Å². The summed E-state index contributed by atoms with van der Waals surface area (Å²) in [6.07, 6.45) is 6.13. The monoisotopic (exact) mass is 337 g/mol. The molecule has 0 atom stereocenters. The summed E-state index contributed by atoms with van der Waals surface area (Å²) in [6, 6.07) is 3.63. The van der Waals surface area contributed by atoms with E-state index >= 15 is 0 Å². The van der Waals surface area contributed by atoms with Crippen LogP contribution in [0.1, 0.15) is 41.7 Å². The molecule has 0 radical (unpaired) electrons. The second-order valence-corrected chi connectivity index (χ2v) is 8.55. The number of pyridine rings is 1. The number of amides is 1.